The monoisotopic (exact) mass is 671 g/mol. The number of ether oxygens (including phenoxy) is 2. The van der Waals surface area contributed by atoms with E-state index in [-0.39, 0.29) is 67.3 Å². The number of nitrogens with zero attached hydrogens (tertiary/aromatic N) is 6. The second-order valence-electron chi connectivity index (χ2n) is 12.5. The summed E-state index contributed by atoms with van der Waals surface area (Å²) in [7, 11) is 3.99. The summed E-state index contributed by atoms with van der Waals surface area (Å²) in [5, 5.41) is 10.4. The van der Waals surface area contributed by atoms with Crippen molar-refractivity contribution in [1.29, 1.82) is 5.26 Å². The van der Waals surface area contributed by atoms with E-state index >= 15 is 4.39 Å². The van der Waals surface area contributed by atoms with Gasteiger partial charge in [0, 0.05) is 30.5 Å². The minimum Gasteiger partial charge on any atom is -0.489 e. The van der Waals surface area contributed by atoms with Gasteiger partial charge in [-0.1, -0.05) is 17.7 Å². The van der Waals surface area contributed by atoms with Crippen molar-refractivity contribution in [3.63, 3.8) is 0 Å². The molecule has 2 aromatic heterocycles. The molecule has 46 heavy (non-hydrogen) atoms. The van der Waals surface area contributed by atoms with Gasteiger partial charge in [-0.3, -0.25) is 4.90 Å². The van der Waals surface area contributed by atoms with Crippen LogP contribution in [0.25, 0.3) is 32.1 Å². The van der Waals surface area contributed by atoms with Crippen LogP contribution in [0.5, 0.6) is 11.8 Å². The van der Waals surface area contributed by atoms with Gasteiger partial charge in [0.05, 0.1) is 32.8 Å². The fourth-order valence-electron chi connectivity index (χ4n) is 7.22. The molecule has 0 saturated carbocycles. The number of anilines is 2. The second kappa shape index (κ2) is 11.9. The molecule has 0 bridgehead atoms. The van der Waals surface area contributed by atoms with Gasteiger partial charge in [0.25, 0.3) is 0 Å². The van der Waals surface area contributed by atoms with Crippen LogP contribution >= 0.6 is 22.9 Å². The van der Waals surface area contributed by atoms with Gasteiger partial charge in [0.15, 0.2) is 11.6 Å². The summed E-state index contributed by atoms with van der Waals surface area (Å²) in [5.74, 6) is -0.751. The van der Waals surface area contributed by atoms with Crippen LogP contribution in [0.15, 0.2) is 12.1 Å². The first-order valence-electron chi connectivity index (χ1n) is 15.3. The van der Waals surface area contributed by atoms with E-state index in [1.807, 2.05) is 25.1 Å². The Balaban J connectivity index is 1.42. The number of aromatic nitrogens is 2. The molecule has 0 unspecified atom stereocenters. The molecule has 7 rings (SSSR count). The van der Waals surface area contributed by atoms with Crippen molar-refractivity contribution in [2.24, 2.45) is 0 Å². The minimum atomic E-state index is -0.933. The molecule has 4 aromatic rings. The SMILES string of the molecule is CN(C)CCCN1CCOc2c(Cl)c(-c3ccc(F)c4sc(N)c(C#N)c34)c(F)c3nc(OC[C@@]45CCCN4C[C@H](F)C5)nc1c23. The second-order valence-corrected chi connectivity index (χ2v) is 13.9. The third kappa shape index (κ3) is 5.06. The number of rotatable bonds is 8. The Kier molecular flexibility index (Phi) is 8.03. The third-order valence-electron chi connectivity index (χ3n) is 9.31. The number of benzene rings is 2. The van der Waals surface area contributed by atoms with E-state index in [0.29, 0.717) is 37.3 Å². The number of hydrogen-bond acceptors (Lipinski definition) is 10. The molecule has 2 saturated heterocycles. The maximum Gasteiger partial charge on any atom is 0.319 e. The van der Waals surface area contributed by atoms with Crippen molar-refractivity contribution < 1.29 is 22.6 Å². The molecule has 3 aliphatic rings. The molecular weight excluding hydrogens is 639 g/mol. The lowest BCUT2D eigenvalue weighted by atomic mass is 9.95. The first-order chi connectivity index (χ1) is 22.1. The van der Waals surface area contributed by atoms with Crippen LogP contribution in [-0.2, 0) is 0 Å². The molecule has 2 atom stereocenters. The normalized spacial score (nSPS) is 21.2. The molecule has 14 heteroatoms. The standard InChI is InChI=1S/C32H33ClF3N7O2S/c1-41(2)8-4-9-42-11-12-44-27-23-26(39-31(40-30(23)42)45-16-32-7-3-10-43(32)15-17(34)13-32)25(36)22(24(27)33)18-5-6-20(35)28-21(18)19(14-37)29(38)46-28/h5-6,17H,3-4,7-13,15-16,38H2,1-2H3/t17-,32+/m1/s1. The van der Waals surface area contributed by atoms with Gasteiger partial charge in [-0.05, 0) is 58.1 Å². The first kappa shape index (κ1) is 31.1. The average Bonchev–Trinajstić information content (AvgIpc) is 3.62. The van der Waals surface area contributed by atoms with Gasteiger partial charge >= 0.3 is 6.01 Å². The number of nitrogens with two attached hydrogens (primary N) is 1. The van der Waals surface area contributed by atoms with Crippen molar-refractivity contribution in [2.45, 2.75) is 37.4 Å². The van der Waals surface area contributed by atoms with E-state index in [1.54, 1.807) is 0 Å². The molecule has 242 valence electrons. The van der Waals surface area contributed by atoms with Crippen molar-refractivity contribution in [3.8, 4) is 29.0 Å². The molecule has 0 spiro atoms. The lowest BCUT2D eigenvalue weighted by molar-refractivity contribution is 0.107. The molecule has 3 aliphatic heterocycles. The van der Waals surface area contributed by atoms with E-state index in [9.17, 15) is 14.0 Å². The fourth-order valence-corrected chi connectivity index (χ4v) is 8.50. The van der Waals surface area contributed by atoms with Gasteiger partial charge in [-0.25, -0.2) is 13.2 Å². The number of halogens is 4. The van der Waals surface area contributed by atoms with Crippen LogP contribution in [0.4, 0.5) is 24.0 Å². The molecule has 0 amide bonds. The molecule has 2 aromatic carbocycles. The Hall–Kier alpha value is -3.57. The first-order valence-corrected chi connectivity index (χ1v) is 16.5. The average molecular weight is 672 g/mol. The zero-order valence-corrected chi connectivity index (χ0v) is 27.1. The maximum absolute atomic E-state index is 17.0. The van der Waals surface area contributed by atoms with Crippen molar-refractivity contribution in [2.75, 3.05) is 70.7 Å². The van der Waals surface area contributed by atoms with Crippen LogP contribution in [0.2, 0.25) is 5.02 Å². The Morgan fingerprint density at radius 3 is 2.87 bits per heavy atom. The summed E-state index contributed by atoms with van der Waals surface area (Å²) in [6.45, 7) is 3.45. The van der Waals surface area contributed by atoms with Gasteiger partial charge in [-0.2, -0.15) is 15.2 Å². The lowest BCUT2D eigenvalue weighted by Crippen LogP contribution is -2.43. The van der Waals surface area contributed by atoms with Crippen molar-refractivity contribution in [3.05, 3.63) is 34.4 Å². The van der Waals surface area contributed by atoms with Gasteiger partial charge in [0.2, 0.25) is 0 Å². The van der Waals surface area contributed by atoms with Crippen LogP contribution in [0.1, 0.15) is 31.2 Å². The Labute approximate surface area is 273 Å². The summed E-state index contributed by atoms with van der Waals surface area (Å²) in [6, 6.07) is 4.58. The molecule has 0 radical (unpaired) electrons. The molecule has 5 heterocycles. The Morgan fingerprint density at radius 1 is 1.26 bits per heavy atom. The molecular formula is C32H33ClF3N7O2S. The summed E-state index contributed by atoms with van der Waals surface area (Å²) in [4.78, 5) is 15.6. The summed E-state index contributed by atoms with van der Waals surface area (Å²) in [5.41, 5.74) is 5.69. The quantitative estimate of drug-likeness (QED) is 0.242. The highest BCUT2D eigenvalue weighted by Gasteiger charge is 2.49. The van der Waals surface area contributed by atoms with E-state index in [1.165, 1.54) is 12.1 Å². The number of thiophene rings is 1. The minimum absolute atomic E-state index is 0.0367. The lowest BCUT2D eigenvalue weighted by Gasteiger charge is -2.31. The number of nitriles is 1. The Bertz CT molecular complexity index is 1900. The van der Waals surface area contributed by atoms with E-state index < -0.39 is 23.3 Å². The van der Waals surface area contributed by atoms with Crippen molar-refractivity contribution in [1.82, 2.24) is 19.8 Å². The number of hydrogen-bond donors (Lipinski definition) is 1. The highest BCUT2D eigenvalue weighted by Crippen LogP contribution is 2.51. The third-order valence-corrected chi connectivity index (χ3v) is 10.7. The van der Waals surface area contributed by atoms with Gasteiger partial charge in [-0.15, -0.1) is 11.3 Å². The topological polar surface area (TPSA) is 104 Å². The van der Waals surface area contributed by atoms with E-state index in [2.05, 4.69) is 14.8 Å². The molecule has 2 N–H and O–H groups in total. The largest absolute Gasteiger partial charge is 0.489 e. The number of alkyl halides is 1. The predicted molar refractivity (Wildman–Crippen MR) is 174 cm³/mol. The van der Waals surface area contributed by atoms with Gasteiger partial charge < -0.3 is 25.0 Å². The molecule has 2 fully saturated rings. The van der Waals surface area contributed by atoms with E-state index in [0.717, 1.165) is 43.7 Å². The fraction of sp³-hybridized carbons (Fsp3) is 0.469. The Morgan fingerprint density at radius 2 is 2.09 bits per heavy atom. The van der Waals surface area contributed by atoms with Crippen LogP contribution < -0.4 is 20.1 Å². The summed E-state index contributed by atoms with van der Waals surface area (Å²) < 4.78 is 59.0. The highest BCUT2D eigenvalue weighted by atomic mass is 35.5. The van der Waals surface area contributed by atoms with Crippen molar-refractivity contribution >= 4 is 54.7 Å². The number of fused-ring (bicyclic) bond motifs is 2. The molecule has 0 aliphatic carbocycles. The number of nitrogen functional groups attached to an aromatic ring is 1. The van der Waals surface area contributed by atoms with E-state index in [4.69, 9.17) is 31.8 Å². The molecule has 9 nitrogen and oxygen atoms in total. The zero-order chi connectivity index (χ0) is 32.3. The smallest absolute Gasteiger partial charge is 0.319 e. The zero-order valence-electron chi connectivity index (χ0n) is 25.5. The maximum atomic E-state index is 17.0. The predicted octanol–water partition coefficient (Wildman–Crippen LogP) is 6.00. The van der Waals surface area contributed by atoms with Crippen LogP contribution in [0, 0.1) is 23.0 Å². The summed E-state index contributed by atoms with van der Waals surface area (Å²) in [6.07, 6.45) is 1.97. The highest BCUT2D eigenvalue weighted by molar-refractivity contribution is 7.23. The van der Waals surface area contributed by atoms with Gasteiger partial charge in [0.1, 0.15) is 47.6 Å². The van der Waals surface area contributed by atoms with Crippen LogP contribution in [0.3, 0.4) is 0 Å². The summed E-state index contributed by atoms with van der Waals surface area (Å²) >= 11 is 7.90. The van der Waals surface area contributed by atoms with Crippen LogP contribution in [-0.4, -0.2) is 91.5 Å².